The smallest absolute Gasteiger partial charge is 0.0380 e. The largest absolute Gasteiger partial charge is 0.381 e. The second-order valence-electron chi connectivity index (χ2n) is 5.50. The van der Waals surface area contributed by atoms with Gasteiger partial charge >= 0.3 is 0 Å². The van der Waals surface area contributed by atoms with E-state index in [1.165, 1.54) is 29.2 Å². The van der Waals surface area contributed by atoms with Crippen LogP contribution in [0.4, 0.5) is 5.69 Å². The van der Waals surface area contributed by atoms with Gasteiger partial charge in [-0.1, -0.05) is 39.0 Å². The van der Waals surface area contributed by atoms with Crippen molar-refractivity contribution in [2.24, 2.45) is 0 Å². The molecule has 1 aromatic carbocycles. The lowest BCUT2D eigenvalue weighted by Crippen LogP contribution is -2.22. The molecule has 0 spiro atoms. The summed E-state index contributed by atoms with van der Waals surface area (Å²) in [6.07, 6.45) is 1.29. The number of hydrogen-bond acceptors (Lipinski definition) is 2. The van der Waals surface area contributed by atoms with E-state index in [0.717, 1.165) is 0 Å². The summed E-state index contributed by atoms with van der Waals surface area (Å²) in [5.41, 5.74) is 2.96. The molecule has 2 heteroatoms. The Kier molecular flexibility index (Phi) is 3.48. The number of anilines is 1. The van der Waals surface area contributed by atoms with Gasteiger partial charge in [-0.15, -0.1) is 0 Å². The van der Waals surface area contributed by atoms with Crippen molar-refractivity contribution in [3.05, 3.63) is 29.8 Å². The first-order chi connectivity index (χ1) is 7.57. The van der Waals surface area contributed by atoms with Gasteiger partial charge in [-0.05, 0) is 29.2 Å². The van der Waals surface area contributed by atoms with Crippen molar-refractivity contribution in [2.45, 2.75) is 38.6 Å². The molecule has 16 heavy (non-hydrogen) atoms. The van der Waals surface area contributed by atoms with E-state index in [0.29, 0.717) is 6.04 Å². The topological polar surface area (TPSA) is 12.0 Å². The van der Waals surface area contributed by atoms with Crippen molar-refractivity contribution in [2.75, 3.05) is 16.8 Å². The lowest BCUT2D eigenvalue weighted by atomic mass is 9.85. The Bertz CT molecular complexity index is 348. The summed E-state index contributed by atoms with van der Waals surface area (Å²) < 4.78 is 0. The molecule has 88 valence electrons. The first-order valence-corrected chi connectivity index (χ1v) is 7.16. The van der Waals surface area contributed by atoms with E-state index in [-0.39, 0.29) is 5.41 Å². The highest BCUT2D eigenvalue weighted by Gasteiger charge is 2.20. The highest BCUT2D eigenvalue weighted by molar-refractivity contribution is 7.99. The van der Waals surface area contributed by atoms with Gasteiger partial charge in [0, 0.05) is 17.5 Å². The van der Waals surface area contributed by atoms with Crippen molar-refractivity contribution in [3.63, 3.8) is 0 Å². The van der Waals surface area contributed by atoms with Crippen molar-refractivity contribution in [1.82, 2.24) is 0 Å². The summed E-state index contributed by atoms with van der Waals surface area (Å²) in [6.45, 7) is 6.82. The van der Waals surface area contributed by atoms with E-state index in [9.17, 15) is 0 Å². The predicted molar refractivity (Wildman–Crippen MR) is 74.5 cm³/mol. The van der Waals surface area contributed by atoms with Gasteiger partial charge in [-0.25, -0.2) is 0 Å². The van der Waals surface area contributed by atoms with Crippen LogP contribution in [0.1, 0.15) is 32.8 Å². The fourth-order valence-corrected chi connectivity index (χ4v) is 3.28. The summed E-state index contributed by atoms with van der Waals surface area (Å²) in [5.74, 6) is 2.55. The van der Waals surface area contributed by atoms with E-state index < -0.39 is 0 Å². The molecule has 1 aliphatic heterocycles. The third-order valence-electron chi connectivity index (χ3n) is 3.02. The Morgan fingerprint density at radius 1 is 1.25 bits per heavy atom. The molecule has 1 aliphatic rings. The zero-order valence-corrected chi connectivity index (χ0v) is 11.2. The molecular weight excluding hydrogens is 214 g/mol. The fourth-order valence-electron chi connectivity index (χ4n) is 2.13. The van der Waals surface area contributed by atoms with Crippen molar-refractivity contribution >= 4 is 17.4 Å². The molecule has 0 saturated carbocycles. The number of rotatable bonds is 2. The number of benzene rings is 1. The number of thioether (sulfide) groups is 1. The molecule has 1 heterocycles. The number of hydrogen-bond donors (Lipinski definition) is 1. The Balaban J connectivity index is 2.19. The molecule has 1 nitrogen and oxygen atoms in total. The minimum Gasteiger partial charge on any atom is -0.381 e. The summed E-state index contributed by atoms with van der Waals surface area (Å²) in [6, 6.07) is 9.37. The van der Waals surface area contributed by atoms with Crippen molar-refractivity contribution < 1.29 is 0 Å². The first-order valence-electron chi connectivity index (χ1n) is 6.01. The van der Waals surface area contributed by atoms with E-state index >= 15 is 0 Å². The summed E-state index contributed by atoms with van der Waals surface area (Å²) >= 11 is 2.05. The molecule has 0 aliphatic carbocycles. The van der Waals surface area contributed by atoms with Crippen LogP contribution in [0.2, 0.25) is 0 Å². The van der Waals surface area contributed by atoms with Crippen LogP contribution < -0.4 is 5.32 Å². The van der Waals surface area contributed by atoms with Crippen LogP contribution in [-0.2, 0) is 5.41 Å². The summed E-state index contributed by atoms with van der Waals surface area (Å²) in [4.78, 5) is 0. The Hall–Kier alpha value is -0.630. The highest BCUT2D eigenvalue weighted by Crippen LogP contribution is 2.31. The molecule has 1 atom stereocenters. The number of para-hydroxylation sites is 1. The predicted octanol–water partition coefficient (Wildman–Crippen LogP) is 3.90. The van der Waals surface area contributed by atoms with E-state index in [1.54, 1.807) is 0 Å². The molecular formula is C14H21NS. The standard InChI is InChI=1S/C14H21NS/c1-14(2,3)12-6-4-5-7-13(12)15-11-8-9-16-10-11/h4-7,11,15H,8-10H2,1-3H3. The van der Waals surface area contributed by atoms with Crippen LogP contribution in [0, 0.1) is 0 Å². The van der Waals surface area contributed by atoms with Gasteiger partial charge in [0.2, 0.25) is 0 Å². The maximum atomic E-state index is 3.70. The van der Waals surface area contributed by atoms with E-state index in [1.807, 2.05) is 0 Å². The van der Waals surface area contributed by atoms with Gasteiger partial charge < -0.3 is 5.32 Å². The third kappa shape index (κ3) is 2.73. The minimum atomic E-state index is 0.218. The van der Waals surface area contributed by atoms with Crippen LogP contribution in [0.3, 0.4) is 0 Å². The molecule has 1 saturated heterocycles. The van der Waals surface area contributed by atoms with Crippen LogP contribution in [0.25, 0.3) is 0 Å². The van der Waals surface area contributed by atoms with E-state index in [4.69, 9.17) is 0 Å². The average molecular weight is 235 g/mol. The Morgan fingerprint density at radius 2 is 2.00 bits per heavy atom. The molecule has 0 radical (unpaired) electrons. The number of nitrogens with one attached hydrogen (secondary N) is 1. The second-order valence-corrected chi connectivity index (χ2v) is 6.65. The first kappa shape index (κ1) is 11.8. The maximum Gasteiger partial charge on any atom is 0.0380 e. The molecule has 0 bridgehead atoms. The van der Waals surface area contributed by atoms with Crippen molar-refractivity contribution in [1.29, 1.82) is 0 Å². The van der Waals surface area contributed by atoms with Gasteiger partial charge in [-0.3, -0.25) is 0 Å². The average Bonchev–Trinajstić information content (AvgIpc) is 2.70. The van der Waals surface area contributed by atoms with Gasteiger partial charge in [-0.2, -0.15) is 11.8 Å². The molecule has 1 N–H and O–H groups in total. The lowest BCUT2D eigenvalue weighted by Gasteiger charge is -2.25. The molecule has 1 aromatic rings. The molecule has 2 rings (SSSR count). The molecule has 1 unspecified atom stereocenters. The zero-order chi connectivity index (χ0) is 11.6. The van der Waals surface area contributed by atoms with Crippen LogP contribution in [-0.4, -0.2) is 17.5 Å². The lowest BCUT2D eigenvalue weighted by molar-refractivity contribution is 0.590. The summed E-state index contributed by atoms with van der Waals surface area (Å²) in [7, 11) is 0. The Labute approximate surface area is 103 Å². The highest BCUT2D eigenvalue weighted by atomic mass is 32.2. The van der Waals surface area contributed by atoms with Crippen LogP contribution in [0.15, 0.2) is 24.3 Å². The monoisotopic (exact) mass is 235 g/mol. The van der Waals surface area contributed by atoms with Gasteiger partial charge in [0.05, 0.1) is 0 Å². The van der Waals surface area contributed by atoms with Crippen LogP contribution in [0.5, 0.6) is 0 Å². The molecule has 1 fully saturated rings. The Morgan fingerprint density at radius 3 is 2.62 bits per heavy atom. The fraction of sp³-hybridized carbons (Fsp3) is 0.571. The summed E-state index contributed by atoms with van der Waals surface area (Å²) in [5, 5.41) is 3.70. The van der Waals surface area contributed by atoms with E-state index in [2.05, 4.69) is 62.1 Å². The minimum absolute atomic E-state index is 0.218. The molecule has 0 amide bonds. The maximum absolute atomic E-state index is 3.70. The SMILES string of the molecule is CC(C)(C)c1ccccc1NC1CCSC1. The van der Waals surface area contributed by atoms with Gasteiger partial charge in [0.25, 0.3) is 0 Å². The van der Waals surface area contributed by atoms with Crippen LogP contribution >= 0.6 is 11.8 Å². The van der Waals surface area contributed by atoms with Gasteiger partial charge in [0.15, 0.2) is 0 Å². The normalized spacial score (nSPS) is 21.1. The van der Waals surface area contributed by atoms with Gasteiger partial charge in [0.1, 0.15) is 0 Å². The third-order valence-corrected chi connectivity index (χ3v) is 4.19. The van der Waals surface area contributed by atoms with Crippen molar-refractivity contribution in [3.8, 4) is 0 Å². The quantitative estimate of drug-likeness (QED) is 0.834. The second kappa shape index (κ2) is 4.70. The molecule has 0 aromatic heterocycles. The zero-order valence-electron chi connectivity index (χ0n) is 10.4.